The van der Waals surface area contributed by atoms with E-state index in [4.69, 9.17) is 4.74 Å². The summed E-state index contributed by atoms with van der Waals surface area (Å²) in [6.45, 7) is 6.90. The van der Waals surface area contributed by atoms with Crippen molar-refractivity contribution in [3.05, 3.63) is 23.3 Å². The summed E-state index contributed by atoms with van der Waals surface area (Å²) in [7, 11) is 0. The maximum Gasteiger partial charge on any atom is 0.118 e. The predicted molar refractivity (Wildman–Crippen MR) is 81.3 cm³/mol. The number of phenolic OH excluding ortho intramolecular Hbond substituents is 1. The van der Waals surface area contributed by atoms with Gasteiger partial charge in [0.1, 0.15) is 5.75 Å². The van der Waals surface area contributed by atoms with E-state index in [1.54, 1.807) is 0 Å². The van der Waals surface area contributed by atoms with Gasteiger partial charge < -0.3 is 15.2 Å². The van der Waals surface area contributed by atoms with Crippen molar-refractivity contribution in [2.24, 2.45) is 5.41 Å². The minimum absolute atomic E-state index is 0.369. The van der Waals surface area contributed by atoms with Gasteiger partial charge in [-0.1, -0.05) is 6.42 Å². The van der Waals surface area contributed by atoms with E-state index in [1.165, 1.54) is 19.3 Å². The topological polar surface area (TPSA) is 41.5 Å². The van der Waals surface area contributed by atoms with Crippen LogP contribution >= 0.6 is 0 Å². The van der Waals surface area contributed by atoms with Crippen molar-refractivity contribution in [1.29, 1.82) is 0 Å². The third kappa shape index (κ3) is 1.99. The van der Waals surface area contributed by atoms with Crippen LogP contribution in [0.2, 0.25) is 0 Å². The number of nitrogens with one attached hydrogen (secondary N) is 1. The number of aryl methyl sites for hydroxylation is 2. The first kappa shape index (κ1) is 13.7. The molecule has 2 atom stereocenters. The second kappa shape index (κ2) is 4.96. The molecule has 0 aromatic heterocycles. The van der Waals surface area contributed by atoms with E-state index in [0.29, 0.717) is 23.3 Å². The van der Waals surface area contributed by atoms with Gasteiger partial charge in [-0.2, -0.15) is 0 Å². The highest BCUT2D eigenvalue weighted by Crippen LogP contribution is 2.58. The lowest BCUT2D eigenvalue weighted by Crippen LogP contribution is -2.64. The highest BCUT2D eigenvalue weighted by Gasteiger charge is 2.58. The Morgan fingerprint density at radius 2 is 2.05 bits per heavy atom. The Kier molecular flexibility index (Phi) is 3.41. The predicted octanol–water partition coefficient (Wildman–Crippen LogP) is 3.77. The molecule has 0 heterocycles. The zero-order chi connectivity index (χ0) is 14.3. The average molecular weight is 275 g/mol. The largest absolute Gasteiger partial charge is 0.508 e. The third-order valence-corrected chi connectivity index (χ3v) is 5.31. The Labute approximate surface area is 121 Å². The van der Waals surface area contributed by atoms with Gasteiger partial charge in [-0.15, -0.1) is 0 Å². The number of ether oxygens (including phenoxy) is 1. The van der Waals surface area contributed by atoms with Gasteiger partial charge >= 0.3 is 0 Å². The lowest BCUT2D eigenvalue weighted by atomic mass is 9.51. The van der Waals surface area contributed by atoms with Crippen LogP contribution in [0.15, 0.2) is 12.1 Å². The molecule has 2 unspecified atom stereocenters. The van der Waals surface area contributed by atoms with Gasteiger partial charge in [0.15, 0.2) is 0 Å². The van der Waals surface area contributed by atoms with Crippen molar-refractivity contribution in [3.63, 3.8) is 0 Å². The van der Waals surface area contributed by atoms with Crippen LogP contribution in [-0.2, 0) is 4.74 Å². The van der Waals surface area contributed by atoms with Crippen LogP contribution in [0.5, 0.6) is 5.75 Å². The molecule has 1 spiro atoms. The molecular formula is C17H25NO2. The monoisotopic (exact) mass is 275 g/mol. The zero-order valence-corrected chi connectivity index (χ0v) is 12.7. The molecule has 0 amide bonds. The van der Waals surface area contributed by atoms with Gasteiger partial charge in [-0.05, 0) is 63.3 Å². The highest BCUT2D eigenvalue weighted by atomic mass is 16.5. The number of aromatic hydroxyl groups is 1. The quantitative estimate of drug-likeness (QED) is 0.822. The van der Waals surface area contributed by atoms with E-state index in [2.05, 4.69) is 18.3 Å². The molecule has 0 radical (unpaired) electrons. The summed E-state index contributed by atoms with van der Waals surface area (Å²) >= 11 is 0. The average Bonchev–Trinajstić information content (AvgIpc) is 2.32. The summed E-state index contributed by atoms with van der Waals surface area (Å²) in [5.41, 5.74) is 3.57. The summed E-state index contributed by atoms with van der Waals surface area (Å²) in [4.78, 5) is 0. The molecule has 0 saturated heterocycles. The molecule has 3 heteroatoms. The van der Waals surface area contributed by atoms with Gasteiger partial charge in [-0.25, -0.2) is 0 Å². The molecule has 1 aromatic rings. The minimum Gasteiger partial charge on any atom is -0.508 e. The molecular weight excluding hydrogens is 250 g/mol. The van der Waals surface area contributed by atoms with Crippen molar-refractivity contribution in [1.82, 2.24) is 0 Å². The van der Waals surface area contributed by atoms with E-state index in [1.807, 2.05) is 19.9 Å². The molecule has 0 bridgehead atoms. The Balaban J connectivity index is 1.74. The summed E-state index contributed by atoms with van der Waals surface area (Å²) in [5.74, 6) is 0.382. The van der Waals surface area contributed by atoms with E-state index in [9.17, 15) is 5.11 Å². The Morgan fingerprint density at radius 3 is 2.65 bits per heavy atom. The number of hydrogen-bond acceptors (Lipinski definition) is 3. The maximum atomic E-state index is 9.75. The number of phenols is 1. The summed E-state index contributed by atoms with van der Waals surface area (Å²) in [6.07, 6.45) is 5.44. The second-order valence-electron chi connectivity index (χ2n) is 6.42. The Morgan fingerprint density at radius 1 is 1.30 bits per heavy atom. The Hall–Kier alpha value is -1.22. The lowest BCUT2D eigenvalue weighted by Gasteiger charge is -2.61. The molecule has 2 aliphatic carbocycles. The Bertz CT molecular complexity index is 508. The van der Waals surface area contributed by atoms with Crippen LogP contribution in [0.4, 0.5) is 5.69 Å². The highest BCUT2D eigenvalue weighted by molar-refractivity contribution is 5.58. The fourth-order valence-electron chi connectivity index (χ4n) is 3.78. The summed E-state index contributed by atoms with van der Waals surface area (Å²) < 4.78 is 5.90. The molecule has 20 heavy (non-hydrogen) atoms. The van der Waals surface area contributed by atoms with E-state index in [-0.39, 0.29) is 0 Å². The third-order valence-electron chi connectivity index (χ3n) is 5.31. The van der Waals surface area contributed by atoms with E-state index < -0.39 is 0 Å². The SMILES string of the molecule is CCOC1CC(Nc2cc(C)c(O)cc2C)C12CCC2. The van der Waals surface area contributed by atoms with Crippen LogP contribution < -0.4 is 5.32 Å². The van der Waals surface area contributed by atoms with Crippen molar-refractivity contribution >= 4 is 5.69 Å². The second-order valence-corrected chi connectivity index (χ2v) is 6.42. The van der Waals surface area contributed by atoms with Crippen LogP contribution in [0.25, 0.3) is 0 Å². The van der Waals surface area contributed by atoms with Gasteiger partial charge in [-0.3, -0.25) is 0 Å². The van der Waals surface area contributed by atoms with Crippen molar-refractivity contribution in [2.45, 2.75) is 58.6 Å². The van der Waals surface area contributed by atoms with Crippen LogP contribution in [-0.4, -0.2) is 23.9 Å². The normalized spacial score (nSPS) is 26.9. The molecule has 2 aliphatic rings. The fraction of sp³-hybridized carbons (Fsp3) is 0.647. The van der Waals surface area contributed by atoms with Gasteiger partial charge in [0.25, 0.3) is 0 Å². The van der Waals surface area contributed by atoms with Crippen molar-refractivity contribution < 1.29 is 9.84 Å². The summed E-state index contributed by atoms with van der Waals surface area (Å²) in [5, 5.41) is 13.5. The molecule has 0 aliphatic heterocycles. The number of rotatable bonds is 4. The smallest absolute Gasteiger partial charge is 0.118 e. The molecule has 2 saturated carbocycles. The number of anilines is 1. The molecule has 2 fully saturated rings. The number of benzene rings is 1. The van der Waals surface area contributed by atoms with Crippen LogP contribution in [0, 0.1) is 19.3 Å². The standard InChI is InChI=1S/C17H25NO2/c1-4-20-16-10-15(17(16)6-5-7-17)18-13-8-12(3)14(19)9-11(13)2/h8-9,15-16,18-19H,4-7,10H2,1-3H3. The fourth-order valence-corrected chi connectivity index (χ4v) is 3.78. The maximum absolute atomic E-state index is 9.75. The van der Waals surface area contributed by atoms with Crippen molar-refractivity contribution in [3.8, 4) is 5.75 Å². The van der Waals surface area contributed by atoms with Crippen LogP contribution in [0.3, 0.4) is 0 Å². The lowest BCUT2D eigenvalue weighted by molar-refractivity contribution is -0.157. The first-order valence-electron chi connectivity index (χ1n) is 7.75. The first-order valence-corrected chi connectivity index (χ1v) is 7.75. The van der Waals surface area contributed by atoms with Gasteiger partial charge in [0.2, 0.25) is 0 Å². The van der Waals surface area contributed by atoms with Crippen molar-refractivity contribution in [2.75, 3.05) is 11.9 Å². The van der Waals surface area contributed by atoms with Gasteiger partial charge in [0, 0.05) is 23.8 Å². The van der Waals surface area contributed by atoms with Gasteiger partial charge in [0.05, 0.1) is 6.10 Å². The molecule has 110 valence electrons. The molecule has 3 rings (SSSR count). The first-order chi connectivity index (χ1) is 9.56. The number of hydrogen-bond donors (Lipinski definition) is 2. The summed E-state index contributed by atoms with van der Waals surface area (Å²) in [6, 6.07) is 4.44. The molecule has 2 N–H and O–H groups in total. The zero-order valence-electron chi connectivity index (χ0n) is 12.7. The van der Waals surface area contributed by atoms with Crippen LogP contribution in [0.1, 0.15) is 43.7 Å². The molecule has 1 aromatic carbocycles. The van der Waals surface area contributed by atoms with E-state index >= 15 is 0 Å². The van der Waals surface area contributed by atoms with E-state index in [0.717, 1.165) is 29.8 Å². The molecule has 3 nitrogen and oxygen atoms in total. The minimum atomic E-state index is 0.369.